The number of hydrogen-bond acceptors (Lipinski definition) is 9. The van der Waals surface area contributed by atoms with Crippen molar-refractivity contribution in [1.82, 2.24) is 15.5 Å². The lowest BCUT2D eigenvalue weighted by molar-refractivity contribution is -0.163. The molecule has 0 aliphatic carbocycles. The van der Waals surface area contributed by atoms with E-state index in [1.54, 1.807) is 18.7 Å². The highest BCUT2D eigenvalue weighted by atomic mass is 32.2. The van der Waals surface area contributed by atoms with Crippen LogP contribution in [0, 0.1) is 11.8 Å². The highest BCUT2D eigenvalue weighted by molar-refractivity contribution is 8.03. The Kier molecular flexibility index (Phi) is 8.90. The van der Waals surface area contributed by atoms with Crippen molar-refractivity contribution >= 4 is 47.2 Å². The minimum atomic E-state index is -1.27. The number of carboxylic acid groups (broad SMARTS) is 1. The van der Waals surface area contributed by atoms with Crippen molar-refractivity contribution in [2.75, 3.05) is 18.1 Å². The lowest BCUT2D eigenvalue weighted by Crippen LogP contribution is -2.63. The first-order valence-corrected chi connectivity index (χ1v) is 13.3. The fourth-order valence-corrected chi connectivity index (χ4v) is 7.30. The smallest absolute Gasteiger partial charge is 0.353 e. The molecule has 0 radical (unpaired) electrons. The molecule has 0 aromatic rings. The maximum absolute atomic E-state index is 12.5. The number of nitrogens with one attached hydrogen (secondary N) is 2. The zero-order chi connectivity index (χ0) is 25.2. The highest BCUT2D eigenvalue weighted by Crippen LogP contribution is 2.51. The average molecular weight is 517 g/mol. The van der Waals surface area contributed by atoms with Crippen molar-refractivity contribution < 1.29 is 34.5 Å². The van der Waals surface area contributed by atoms with E-state index in [0.717, 1.165) is 12.2 Å². The number of fused-ring (bicyclic) bond motifs is 1. The molecule has 11 nitrogen and oxygen atoms in total. The van der Waals surface area contributed by atoms with Gasteiger partial charge in [0.25, 0.3) is 0 Å². The van der Waals surface area contributed by atoms with Crippen LogP contribution in [0.5, 0.6) is 0 Å². The normalized spacial score (nSPS) is 30.1. The van der Waals surface area contributed by atoms with Crippen LogP contribution in [0.4, 0.5) is 0 Å². The van der Waals surface area contributed by atoms with Crippen LogP contribution in [0.15, 0.2) is 10.6 Å². The molecule has 0 aromatic carbocycles. The quantitative estimate of drug-likeness (QED) is 0.107. The second-order valence-electron chi connectivity index (χ2n) is 8.93. The summed E-state index contributed by atoms with van der Waals surface area (Å²) < 4.78 is 0. The lowest BCUT2D eigenvalue weighted by Gasteiger charge is -2.46. The molecule has 3 heterocycles. The molecule has 3 aliphatic rings. The van der Waals surface area contributed by atoms with E-state index in [1.807, 2.05) is 6.92 Å². The Morgan fingerprint density at radius 3 is 2.65 bits per heavy atom. The van der Waals surface area contributed by atoms with Gasteiger partial charge in [0.15, 0.2) is 0 Å². The molecule has 13 heteroatoms. The lowest BCUT2D eigenvalue weighted by atomic mass is 9.79. The molecular weight excluding hydrogens is 484 g/mol. The second-order valence-corrected chi connectivity index (χ2v) is 11.4. The van der Waals surface area contributed by atoms with E-state index >= 15 is 0 Å². The van der Waals surface area contributed by atoms with Crippen molar-refractivity contribution in [3.63, 3.8) is 0 Å². The number of aliphatic hydroxyl groups is 2. The topological polar surface area (TPSA) is 182 Å². The number of thioether (sulfide) groups is 2. The highest BCUT2D eigenvalue weighted by Gasteiger charge is 2.60. The minimum absolute atomic E-state index is 0.0479. The fourth-order valence-electron chi connectivity index (χ4n) is 4.75. The Balaban J connectivity index is 1.45. The standard InChI is InChI=1S/C21H32N4O7S2/c1-9-17-16(10(2)26)20(30)25(17)18(21(31)32)19(9)34-12-5-11(23-7-12)8-33-4-3-14(28)24-15(29)6-13(22)27/h9-12,15-17,23,26,29H,3-8H2,1-2H3,(H2,22,27)(H,24,28)(H,31,32)/t9-,10-,11+,12+,15?,16-,17-/m1/s1. The number of carbonyl (C=O) groups excluding carboxylic acids is 3. The summed E-state index contributed by atoms with van der Waals surface area (Å²) in [7, 11) is 0. The number of carbonyl (C=O) groups is 4. The van der Waals surface area contributed by atoms with Crippen molar-refractivity contribution in [3.8, 4) is 0 Å². The van der Waals surface area contributed by atoms with Gasteiger partial charge in [0.2, 0.25) is 17.7 Å². The van der Waals surface area contributed by atoms with Crippen LogP contribution in [0.3, 0.4) is 0 Å². The Morgan fingerprint density at radius 2 is 2.03 bits per heavy atom. The summed E-state index contributed by atoms with van der Waals surface area (Å²) in [5.41, 5.74) is 5.02. The molecule has 1 unspecified atom stereocenters. The maximum atomic E-state index is 12.5. The van der Waals surface area contributed by atoms with Gasteiger partial charge in [-0.25, -0.2) is 4.79 Å². The van der Waals surface area contributed by atoms with E-state index < -0.39 is 30.1 Å². The van der Waals surface area contributed by atoms with Crippen LogP contribution in [-0.2, 0) is 19.2 Å². The summed E-state index contributed by atoms with van der Waals surface area (Å²) in [5.74, 6) is -1.89. The van der Waals surface area contributed by atoms with Gasteiger partial charge in [-0.3, -0.25) is 14.4 Å². The second kappa shape index (κ2) is 11.3. The van der Waals surface area contributed by atoms with Gasteiger partial charge in [-0.1, -0.05) is 6.92 Å². The summed E-state index contributed by atoms with van der Waals surface area (Å²) in [6, 6.07) is -0.102. The third-order valence-corrected chi connectivity index (χ3v) is 8.94. The van der Waals surface area contributed by atoms with E-state index in [9.17, 15) is 34.5 Å². The summed E-state index contributed by atoms with van der Waals surface area (Å²) in [6.45, 7) is 4.18. The molecule has 3 rings (SSSR count). The van der Waals surface area contributed by atoms with Gasteiger partial charge in [0.05, 0.1) is 24.5 Å². The molecule has 7 N–H and O–H groups in total. The zero-order valence-corrected chi connectivity index (χ0v) is 20.7. The van der Waals surface area contributed by atoms with Gasteiger partial charge in [-0.2, -0.15) is 11.8 Å². The largest absolute Gasteiger partial charge is 0.477 e. The van der Waals surface area contributed by atoms with Crippen molar-refractivity contribution in [1.29, 1.82) is 0 Å². The van der Waals surface area contributed by atoms with Crippen LogP contribution >= 0.6 is 23.5 Å². The summed E-state index contributed by atoms with van der Waals surface area (Å²) in [5, 5.41) is 35.1. The first kappa shape index (κ1) is 26.8. The van der Waals surface area contributed by atoms with Crippen molar-refractivity contribution in [2.45, 2.75) is 62.8 Å². The molecule has 34 heavy (non-hydrogen) atoms. The summed E-state index contributed by atoms with van der Waals surface area (Å²) >= 11 is 3.10. The number of primary amides is 1. The molecule has 3 aliphatic heterocycles. The third kappa shape index (κ3) is 5.88. The number of carboxylic acids is 1. The zero-order valence-electron chi connectivity index (χ0n) is 19.1. The molecule has 0 aromatic heterocycles. The maximum Gasteiger partial charge on any atom is 0.353 e. The molecule has 190 valence electrons. The van der Waals surface area contributed by atoms with Gasteiger partial charge in [-0.05, 0) is 13.3 Å². The van der Waals surface area contributed by atoms with Crippen LogP contribution < -0.4 is 16.4 Å². The number of β-lactam (4-membered cyclic amide) rings is 1. The number of nitrogens with zero attached hydrogens (tertiary/aromatic N) is 1. The SMILES string of the molecule is C[C@@H](O)[C@H]1C(=O)N2C(C(=O)O)=C(S[C@@H]3CN[C@H](CSCCC(=O)NC(O)CC(N)=O)C3)[C@H](C)[C@H]12. The van der Waals surface area contributed by atoms with Gasteiger partial charge in [-0.15, -0.1) is 11.8 Å². The predicted octanol–water partition coefficient (Wildman–Crippen LogP) is -0.963. The molecule has 7 atom stereocenters. The van der Waals surface area contributed by atoms with Crippen LogP contribution in [0.1, 0.15) is 33.1 Å². The van der Waals surface area contributed by atoms with Gasteiger partial charge >= 0.3 is 5.97 Å². The van der Waals surface area contributed by atoms with Crippen molar-refractivity contribution in [3.05, 3.63) is 10.6 Å². The first-order valence-electron chi connectivity index (χ1n) is 11.2. The summed E-state index contributed by atoms with van der Waals surface area (Å²) in [6.07, 6.45) is -1.39. The van der Waals surface area contributed by atoms with Gasteiger partial charge in [0.1, 0.15) is 11.9 Å². The first-order chi connectivity index (χ1) is 16.0. The van der Waals surface area contributed by atoms with Crippen molar-refractivity contribution in [2.24, 2.45) is 17.6 Å². The number of aliphatic carboxylic acids is 1. The number of aliphatic hydroxyl groups excluding tert-OH is 2. The molecule has 3 amide bonds. The number of rotatable bonds is 12. The van der Waals surface area contributed by atoms with Gasteiger partial charge in [0, 0.05) is 46.6 Å². The molecule has 0 bridgehead atoms. The van der Waals surface area contributed by atoms with Gasteiger partial charge < -0.3 is 36.6 Å². The molecular formula is C21H32N4O7S2. The molecule has 0 spiro atoms. The monoisotopic (exact) mass is 516 g/mol. The molecule has 0 saturated carbocycles. The fraction of sp³-hybridized carbons (Fsp3) is 0.714. The van der Waals surface area contributed by atoms with E-state index in [0.29, 0.717) is 17.2 Å². The van der Waals surface area contributed by atoms with Crippen LogP contribution in [0.25, 0.3) is 0 Å². The van der Waals surface area contributed by atoms with E-state index in [4.69, 9.17) is 5.73 Å². The van der Waals surface area contributed by atoms with Crippen LogP contribution in [0.2, 0.25) is 0 Å². The van der Waals surface area contributed by atoms with E-state index in [2.05, 4.69) is 10.6 Å². The third-order valence-electron chi connectivity index (χ3n) is 6.30. The Bertz CT molecular complexity index is 868. The number of hydrogen-bond donors (Lipinski definition) is 6. The van der Waals surface area contributed by atoms with Crippen LogP contribution in [-0.4, -0.2) is 91.6 Å². The van der Waals surface area contributed by atoms with E-state index in [-0.39, 0.29) is 53.6 Å². The van der Waals surface area contributed by atoms with E-state index in [1.165, 1.54) is 16.7 Å². The Hall–Kier alpha value is -1.80. The average Bonchev–Trinajstić information content (AvgIpc) is 3.26. The number of amides is 3. The molecule has 2 fully saturated rings. The molecule has 2 saturated heterocycles. The minimum Gasteiger partial charge on any atom is -0.477 e. The Labute approximate surface area is 206 Å². The number of nitrogens with two attached hydrogens (primary N) is 1. The summed E-state index contributed by atoms with van der Waals surface area (Å²) in [4.78, 5) is 49.0. The predicted molar refractivity (Wildman–Crippen MR) is 127 cm³/mol. The Morgan fingerprint density at radius 1 is 1.32 bits per heavy atom.